The second-order valence-electron chi connectivity index (χ2n) is 5.86. The summed E-state index contributed by atoms with van der Waals surface area (Å²) < 4.78 is 21.6. The van der Waals surface area contributed by atoms with Crippen LogP contribution in [0.3, 0.4) is 0 Å². The predicted octanol–water partition coefficient (Wildman–Crippen LogP) is 3.53. The molecule has 2 rings (SSSR count). The van der Waals surface area contributed by atoms with E-state index in [1.54, 1.807) is 12.1 Å². The maximum Gasteiger partial charge on any atom is 0.319 e. The molecule has 0 aliphatic heterocycles. The van der Waals surface area contributed by atoms with Crippen molar-refractivity contribution in [2.75, 3.05) is 39.8 Å². The first kappa shape index (κ1) is 20.2. The molecule has 0 saturated heterocycles. The maximum atomic E-state index is 12.1. The van der Waals surface area contributed by atoms with Gasteiger partial charge in [-0.2, -0.15) is 0 Å². The van der Waals surface area contributed by atoms with Crippen LogP contribution in [0.1, 0.15) is 11.1 Å². The van der Waals surface area contributed by atoms with Gasteiger partial charge < -0.3 is 29.6 Å². The van der Waals surface area contributed by atoms with E-state index < -0.39 is 0 Å². The van der Waals surface area contributed by atoms with Gasteiger partial charge in [0, 0.05) is 12.1 Å². The first-order valence-electron chi connectivity index (χ1n) is 8.54. The SMILES string of the molecule is COc1cc(NC(=O)NCCOc2c(C)cccc2C)cc(OC)c1OC. The Labute approximate surface area is 159 Å². The first-order chi connectivity index (χ1) is 13.0. The number of urea groups is 1. The highest BCUT2D eigenvalue weighted by Crippen LogP contribution is 2.39. The number of methoxy groups -OCH3 is 3. The van der Waals surface area contributed by atoms with Crippen LogP contribution in [0.2, 0.25) is 0 Å². The van der Waals surface area contributed by atoms with Crippen molar-refractivity contribution >= 4 is 11.7 Å². The average molecular weight is 374 g/mol. The van der Waals surface area contributed by atoms with Gasteiger partial charge in [-0.1, -0.05) is 18.2 Å². The number of para-hydroxylation sites is 1. The Hall–Kier alpha value is -3.09. The molecule has 0 radical (unpaired) electrons. The van der Waals surface area contributed by atoms with Crippen molar-refractivity contribution in [1.82, 2.24) is 5.32 Å². The van der Waals surface area contributed by atoms with Crippen molar-refractivity contribution in [3.63, 3.8) is 0 Å². The summed E-state index contributed by atoms with van der Waals surface area (Å²) in [5.41, 5.74) is 2.66. The van der Waals surface area contributed by atoms with E-state index in [1.165, 1.54) is 21.3 Å². The van der Waals surface area contributed by atoms with Crippen LogP contribution in [0.15, 0.2) is 30.3 Å². The van der Waals surface area contributed by atoms with Crippen LogP contribution in [-0.4, -0.2) is 40.5 Å². The molecule has 0 unspecified atom stereocenters. The van der Waals surface area contributed by atoms with Crippen molar-refractivity contribution in [2.24, 2.45) is 0 Å². The molecule has 7 heteroatoms. The Morgan fingerprint density at radius 1 is 0.926 bits per heavy atom. The zero-order valence-electron chi connectivity index (χ0n) is 16.3. The first-order valence-corrected chi connectivity index (χ1v) is 8.54. The molecule has 0 aromatic heterocycles. The fraction of sp³-hybridized carbons (Fsp3) is 0.350. The minimum Gasteiger partial charge on any atom is -0.493 e. The molecule has 0 spiro atoms. The highest BCUT2D eigenvalue weighted by atomic mass is 16.5. The van der Waals surface area contributed by atoms with E-state index in [0.29, 0.717) is 36.1 Å². The number of benzene rings is 2. The molecular formula is C20H26N2O5. The molecule has 0 fully saturated rings. The zero-order chi connectivity index (χ0) is 19.8. The van der Waals surface area contributed by atoms with Gasteiger partial charge in [-0.3, -0.25) is 0 Å². The van der Waals surface area contributed by atoms with E-state index in [0.717, 1.165) is 16.9 Å². The van der Waals surface area contributed by atoms with Crippen molar-refractivity contribution in [3.8, 4) is 23.0 Å². The summed E-state index contributed by atoms with van der Waals surface area (Å²) in [5.74, 6) is 2.24. The summed E-state index contributed by atoms with van der Waals surface area (Å²) in [7, 11) is 4.56. The molecule has 2 aromatic rings. The van der Waals surface area contributed by atoms with Gasteiger partial charge in [0.1, 0.15) is 12.4 Å². The van der Waals surface area contributed by atoms with Crippen LogP contribution in [-0.2, 0) is 0 Å². The molecule has 0 saturated carbocycles. The lowest BCUT2D eigenvalue weighted by Gasteiger charge is -2.15. The molecule has 146 valence electrons. The number of nitrogens with one attached hydrogen (secondary N) is 2. The number of ether oxygens (including phenoxy) is 4. The van der Waals surface area contributed by atoms with E-state index in [9.17, 15) is 4.79 Å². The molecule has 27 heavy (non-hydrogen) atoms. The molecule has 0 heterocycles. The fourth-order valence-electron chi connectivity index (χ4n) is 2.67. The summed E-state index contributed by atoms with van der Waals surface area (Å²) in [5, 5.41) is 5.50. The maximum absolute atomic E-state index is 12.1. The molecule has 0 aliphatic rings. The second kappa shape index (κ2) is 9.56. The van der Waals surface area contributed by atoms with E-state index in [2.05, 4.69) is 10.6 Å². The summed E-state index contributed by atoms with van der Waals surface area (Å²) >= 11 is 0. The minimum absolute atomic E-state index is 0.352. The monoisotopic (exact) mass is 374 g/mol. The van der Waals surface area contributed by atoms with Crippen molar-refractivity contribution in [3.05, 3.63) is 41.5 Å². The second-order valence-corrected chi connectivity index (χ2v) is 5.86. The number of aryl methyl sites for hydroxylation is 2. The Kier molecular flexibility index (Phi) is 7.16. The van der Waals surface area contributed by atoms with E-state index in [1.807, 2.05) is 32.0 Å². The summed E-state index contributed by atoms with van der Waals surface area (Å²) in [4.78, 5) is 12.1. The standard InChI is InChI=1S/C20H26N2O5/c1-13-7-6-8-14(2)18(13)27-10-9-21-20(23)22-15-11-16(24-3)19(26-5)17(12-15)25-4/h6-8,11-12H,9-10H2,1-5H3,(H2,21,22,23). The van der Waals surface area contributed by atoms with Crippen LogP contribution in [0, 0.1) is 13.8 Å². The van der Waals surface area contributed by atoms with Crippen LogP contribution < -0.4 is 29.6 Å². The molecule has 0 aliphatic carbocycles. The molecular weight excluding hydrogens is 348 g/mol. The Morgan fingerprint density at radius 3 is 2.04 bits per heavy atom. The number of anilines is 1. The number of hydrogen-bond donors (Lipinski definition) is 2. The Morgan fingerprint density at radius 2 is 1.52 bits per heavy atom. The van der Waals surface area contributed by atoms with Crippen LogP contribution in [0.4, 0.5) is 10.5 Å². The minimum atomic E-state index is -0.352. The third-order valence-electron chi connectivity index (χ3n) is 3.97. The lowest BCUT2D eigenvalue weighted by molar-refractivity contribution is 0.247. The summed E-state index contributed by atoms with van der Waals surface area (Å²) in [6, 6.07) is 8.94. The highest BCUT2D eigenvalue weighted by Gasteiger charge is 2.14. The highest BCUT2D eigenvalue weighted by molar-refractivity contribution is 5.90. The third kappa shape index (κ3) is 5.20. The molecule has 7 nitrogen and oxygen atoms in total. The lowest BCUT2D eigenvalue weighted by Crippen LogP contribution is -2.32. The topological polar surface area (TPSA) is 78.1 Å². The van der Waals surface area contributed by atoms with Gasteiger partial charge >= 0.3 is 6.03 Å². The van der Waals surface area contributed by atoms with Gasteiger partial charge in [0.05, 0.1) is 33.6 Å². The smallest absolute Gasteiger partial charge is 0.319 e. The van der Waals surface area contributed by atoms with Crippen molar-refractivity contribution in [2.45, 2.75) is 13.8 Å². The molecule has 2 N–H and O–H groups in total. The number of carbonyl (C=O) groups is 1. The summed E-state index contributed by atoms with van der Waals surface area (Å²) in [6.45, 7) is 4.72. The van der Waals surface area contributed by atoms with E-state index in [4.69, 9.17) is 18.9 Å². The molecule has 2 amide bonds. The van der Waals surface area contributed by atoms with Gasteiger partial charge in [-0.25, -0.2) is 4.79 Å². The summed E-state index contributed by atoms with van der Waals surface area (Å²) in [6.07, 6.45) is 0. The van der Waals surface area contributed by atoms with Crippen molar-refractivity contribution in [1.29, 1.82) is 0 Å². The number of amides is 2. The van der Waals surface area contributed by atoms with Gasteiger partial charge in [0.25, 0.3) is 0 Å². The third-order valence-corrected chi connectivity index (χ3v) is 3.97. The molecule has 2 aromatic carbocycles. The average Bonchev–Trinajstić information content (AvgIpc) is 2.66. The lowest BCUT2D eigenvalue weighted by atomic mass is 10.1. The van der Waals surface area contributed by atoms with Gasteiger partial charge in [-0.15, -0.1) is 0 Å². The van der Waals surface area contributed by atoms with Crippen LogP contribution >= 0.6 is 0 Å². The fourth-order valence-corrected chi connectivity index (χ4v) is 2.67. The van der Waals surface area contributed by atoms with Gasteiger partial charge in [0.15, 0.2) is 11.5 Å². The van der Waals surface area contributed by atoms with Gasteiger partial charge in [-0.05, 0) is 25.0 Å². The largest absolute Gasteiger partial charge is 0.493 e. The predicted molar refractivity (Wildman–Crippen MR) is 105 cm³/mol. The van der Waals surface area contributed by atoms with E-state index >= 15 is 0 Å². The van der Waals surface area contributed by atoms with Crippen LogP contribution in [0.5, 0.6) is 23.0 Å². The zero-order valence-corrected chi connectivity index (χ0v) is 16.3. The van der Waals surface area contributed by atoms with E-state index in [-0.39, 0.29) is 6.03 Å². The van der Waals surface area contributed by atoms with Gasteiger partial charge in [0.2, 0.25) is 5.75 Å². The van der Waals surface area contributed by atoms with Crippen LogP contribution in [0.25, 0.3) is 0 Å². The Balaban J connectivity index is 1.90. The molecule has 0 bridgehead atoms. The quantitative estimate of drug-likeness (QED) is 0.691. The number of carbonyl (C=O) groups excluding carboxylic acids is 1. The van der Waals surface area contributed by atoms with Crippen molar-refractivity contribution < 1.29 is 23.7 Å². The Bertz CT molecular complexity index is 747. The number of hydrogen-bond acceptors (Lipinski definition) is 5. The molecule has 0 atom stereocenters. The number of rotatable bonds is 8. The normalized spacial score (nSPS) is 10.1.